The van der Waals surface area contributed by atoms with Gasteiger partial charge in [-0.2, -0.15) is 0 Å². The number of rotatable bonds is 4. The molecule has 4 aromatic heterocycles. The zero-order valence-corrected chi connectivity index (χ0v) is 17.3. The van der Waals surface area contributed by atoms with Gasteiger partial charge >= 0.3 is 0 Å². The van der Waals surface area contributed by atoms with Crippen molar-refractivity contribution >= 4 is 5.65 Å². The standard InChI is InChI=1S/C24H25N5O/c1-17-7-5-14-26-24(17)21-10-3-9-20(28(21)2)19-16-29-22(27-19)11-4-12-23(29)30-18-8-6-13-25-15-18/h4-8,11-16,20-21H,3,9-10H2,1-2H3/t20-,21+/m1/s1. The zero-order chi connectivity index (χ0) is 20.5. The molecule has 0 saturated carbocycles. The van der Waals surface area contributed by atoms with E-state index < -0.39 is 0 Å². The number of ether oxygens (including phenoxy) is 1. The molecule has 0 amide bonds. The first-order valence-electron chi connectivity index (χ1n) is 10.4. The number of fused-ring (bicyclic) bond motifs is 1. The highest BCUT2D eigenvalue weighted by Crippen LogP contribution is 2.40. The zero-order valence-electron chi connectivity index (χ0n) is 17.3. The molecule has 6 nitrogen and oxygen atoms in total. The molecule has 1 fully saturated rings. The van der Waals surface area contributed by atoms with Crippen molar-refractivity contribution < 1.29 is 4.74 Å². The summed E-state index contributed by atoms with van der Waals surface area (Å²) in [5.74, 6) is 1.44. The minimum absolute atomic E-state index is 0.247. The van der Waals surface area contributed by atoms with Gasteiger partial charge in [0.15, 0.2) is 0 Å². The Balaban J connectivity index is 1.47. The van der Waals surface area contributed by atoms with Crippen LogP contribution in [-0.2, 0) is 0 Å². The smallest absolute Gasteiger partial charge is 0.205 e. The van der Waals surface area contributed by atoms with Crippen LogP contribution in [0, 0.1) is 6.92 Å². The van der Waals surface area contributed by atoms with Crippen LogP contribution in [0.4, 0.5) is 0 Å². The van der Waals surface area contributed by atoms with E-state index in [9.17, 15) is 0 Å². The first kappa shape index (κ1) is 18.8. The fourth-order valence-corrected chi connectivity index (χ4v) is 4.44. The summed E-state index contributed by atoms with van der Waals surface area (Å²) in [5, 5.41) is 0. The van der Waals surface area contributed by atoms with E-state index in [0.29, 0.717) is 11.8 Å². The Bertz CT molecular complexity index is 1160. The minimum Gasteiger partial charge on any atom is -0.439 e. The van der Waals surface area contributed by atoms with E-state index in [4.69, 9.17) is 14.7 Å². The van der Waals surface area contributed by atoms with Crippen LogP contribution >= 0.6 is 0 Å². The molecule has 4 aromatic rings. The SMILES string of the molecule is Cc1cccnc1[C@@H]1CCC[C@H](c2cn3c(Oc4cccnc4)cccc3n2)N1C. The second-order valence-electron chi connectivity index (χ2n) is 7.88. The van der Waals surface area contributed by atoms with Crippen LogP contribution < -0.4 is 4.74 Å². The molecule has 0 aliphatic carbocycles. The lowest BCUT2D eigenvalue weighted by molar-refractivity contribution is 0.109. The van der Waals surface area contributed by atoms with Gasteiger partial charge in [-0.3, -0.25) is 19.3 Å². The van der Waals surface area contributed by atoms with Gasteiger partial charge in [-0.25, -0.2) is 4.98 Å². The lowest BCUT2D eigenvalue weighted by Gasteiger charge is -2.39. The Morgan fingerprint density at radius 1 is 1.00 bits per heavy atom. The second-order valence-corrected chi connectivity index (χ2v) is 7.88. The number of nitrogens with zero attached hydrogens (tertiary/aromatic N) is 5. The van der Waals surface area contributed by atoms with Crippen LogP contribution in [0.5, 0.6) is 11.6 Å². The van der Waals surface area contributed by atoms with Gasteiger partial charge in [-0.15, -0.1) is 0 Å². The van der Waals surface area contributed by atoms with Gasteiger partial charge in [0, 0.05) is 18.6 Å². The number of pyridine rings is 3. The van der Waals surface area contributed by atoms with Gasteiger partial charge in [-0.05, 0) is 69.1 Å². The molecule has 0 bridgehead atoms. The molecule has 0 N–H and O–H groups in total. The predicted molar refractivity (Wildman–Crippen MR) is 116 cm³/mol. The van der Waals surface area contributed by atoms with Crippen LogP contribution in [0.1, 0.15) is 48.3 Å². The summed E-state index contributed by atoms with van der Waals surface area (Å²) in [5.41, 5.74) is 4.38. The van der Waals surface area contributed by atoms with E-state index in [-0.39, 0.29) is 6.04 Å². The number of hydrogen-bond donors (Lipinski definition) is 0. The van der Waals surface area contributed by atoms with Gasteiger partial charge in [0.05, 0.1) is 29.7 Å². The number of aryl methyl sites for hydroxylation is 1. The fraction of sp³-hybridized carbons (Fsp3) is 0.292. The third-order valence-electron chi connectivity index (χ3n) is 5.98. The Kier molecular flexibility index (Phi) is 4.93. The van der Waals surface area contributed by atoms with Crippen molar-refractivity contribution in [2.45, 2.75) is 38.3 Å². The summed E-state index contributed by atoms with van der Waals surface area (Å²) in [7, 11) is 2.19. The maximum Gasteiger partial charge on any atom is 0.205 e. The third kappa shape index (κ3) is 3.44. The van der Waals surface area contributed by atoms with Gasteiger partial charge < -0.3 is 4.74 Å². The molecule has 30 heavy (non-hydrogen) atoms. The lowest BCUT2D eigenvalue weighted by atomic mass is 9.91. The van der Waals surface area contributed by atoms with E-state index in [1.165, 1.54) is 11.3 Å². The van der Waals surface area contributed by atoms with E-state index in [1.54, 1.807) is 12.4 Å². The average molecular weight is 399 g/mol. The molecule has 152 valence electrons. The van der Waals surface area contributed by atoms with E-state index >= 15 is 0 Å². The largest absolute Gasteiger partial charge is 0.439 e. The molecule has 6 heteroatoms. The van der Waals surface area contributed by atoms with Gasteiger partial charge in [0.1, 0.15) is 11.4 Å². The third-order valence-corrected chi connectivity index (χ3v) is 5.98. The van der Waals surface area contributed by atoms with Crippen molar-refractivity contribution in [3.05, 3.63) is 84.2 Å². The maximum absolute atomic E-state index is 6.06. The Morgan fingerprint density at radius 2 is 1.87 bits per heavy atom. The quantitative estimate of drug-likeness (QED) is 0.477. The molecule has 2 atom stereocenters. The molecular formula is C24H25N5O. The summed E-state index contributed by atoms with van der Waals surface area (Å²) >= 11 is 0. The van der Waals surface area contributed by atoms with Crippen LogP contribution in [0.15, 0.2) is 67.3 Å². The number of piperidine rings is 1. The van der Waals surface area contributed by atoms with Gasteiger partial charge in [0.25, 0.3) is 0 Å². The molecule has 5 heterocycles. The minimum atomic E-state index is 0.247. The Labute approximate surface area is 176 Å². The number of likely N-dealkylation sites (tertiary alicyclic amines) is 1. The van der Waals surface area contributed by atoms with Crippen molar-refractivity contribution in [3.63, 3.8) is 0 Å². The van der Waals surface area contributed by atoms with E-state index in [1.807, 2.05) is 47.0 Å². The maximum atomic E-state index is 6.06. The Morgan fingerprint density at radius 3 is 2.70 bits per heavy atom. The molecule has 1 saturated heterocycles. The van der Waals surface area contributed by atoms with E-state index in [0.717, 1.165) is 36.5 Å². The molecular weight excluding hydrogens is 374 g/mol. The monoisotopic (exact) mass is 399 g/mol. The van der Waals surface area contributed by atoms with Crippen molar-refractivity contribution in [1.29, 1.82) is 0 Å². The fourth-order valence-electron chi connectivity index (χ4n) is 4.44. The molecule has 0 unspecified atom stereocenters. The number of hydrogen-bond acceptors (Lipinski definition) is 5. The normalized spacial score (nSPS) is 19.8. The highest BCUT2D eigenvalue weighted by Gasteiger charge is 2.32. The molecule has 0 aromatic carbocycles. The second kappa shape index (κ2) is 7.88. The predicted octanol–water partition coefficient (Wildman–Crippen LogP) is 5.12. The van der Waals surface area contributed by atoms with Crippen molar-refractivity contribution in [2.24, 2.45) is 0 Å². The highest BCUT2D eigenvalue weighted by atomic mass is 16.5. The van der Waals surface area contributed by atoms with Crippen molar-refractivity contribution in [2.75, 3.05) is 7.05 Å². The van der Waals surface area contributed by atoms with Crippen molar-refractivity contribution in [1.82, 2.24) is 24.3 Å². The molecule has 1 aliphatic rings. The highest BCUT2D eigenvalue weighted by molar-refractivity contribution is 5.45. The first-order valence-corrected chi connectivity index (χ1v) is 10.4. The molecule has 5 rings (SSSR count). The van der Waals surface area contributed by atoms with Crippen LogP contribution in [0.3, 0.4) is 0 Å². The summed E-state index contributed by atoms with van der Waals surface area (Å²) in [6.07, 6.45) is 10.8. The number of imidazole rings is 1. The summed E-state index contributed by atoms with van der Waals surface area (Å²) in [6, 6.07) is 14.4. The number of aromatic nitrogens is 4. The molecule has 0 radical (unpaired) electrons. The first-order chi connectivity index (χ1) is 14.7. The van der Waals surface area contributed by atoms with Crippen molar-refractivity contribution in [3.8, 4) is 11.6 Å². The van der Waals surface area contributed by atoms with Crippen LogP contribution in [0.2, 0.25) is 0 Å². The van der Waals surface area contributed by atoms with Gasteiger partial charge in [0.2, 0.25) is 5.88 Å². The molecule has 1 aliphatic heterocycles. The van der Waals surface area contributed by atoms with Gasteiger partial charge in [-0.1, -0.05) is 12.1 Å². The lowest BCUT2D eigenvalue weighted by Crippen LogP contribution is -2.34. The van der Waals surface area contributed by atoms with Crippen LogP contribution in [0.25, 0.3) is 5.65 Å². The summed E-state index contributed by atoms with van der Waals surface area (Å²) in [4.78, 5) is 16.2. The average Bonchev–Trinajstić information content (AvgIpc) is 3.20. The summed E-state index contributed by atoms with van der Waals surface area (Å²) in [6.45, 7) is 2.15. The van der Waals surface area contributed by atoms with Crippen LogP contribution in [-0.4, -0.2) is 31.3 Å². The molecule has 0 spiro atoms. The summed E-state index contributed by atoms with van der Waals surface area (Å²) < 4.78 is 8.08. The Hall–Kier alpha value is -3.25. The van der Waals surface area contributed by atoms with E-state index in [2.05, 4.69) is 36.1 Å². The topological polar surface area (TPSA) is 55.6 Å².